The van der Waals surface area contributed by atoms with Gasteiger partial charge in [0.2, 0.25) is 0 Å². The van der Waals surface area contributed by atoms with Crippen LogP contribution < -0.4 is 5.32 Å². The van der Waals surface area contributed by atoms with Crippen molar-refractivity contribution in [3.05, 3.63) is 34.3 Å². The number of hydrogen-bond acceptors (Lipinski definition) is 1. The lowest BCUT2D eigenvalue weighted by Gasteiger charge is -2.37. The quantitative estimate of drug-likeness (QED) is 0.796. The summed E-state index contributed by atoms with van der Waals surface area (Å²) in [6.07, 6.45) is 6.61. The van der Waals surface area contributed by atoms with Crippen LogP contribution in [-0.4, -0.2) is 6.04 Å². The molecule has 0 amide bonds. The van der Waals surface area contributed by atoms with Crippen molar-refractivity contribution in [3.8, 4) is 0 Å². The molecule has 110 valence electrons. The molecule has 3 rings (SSSR count). The molecule has 3 atom stereocenters. The van der Waals surface area contributed by atoms with Gasteiger partial charge in [0.15, 0.2) is 0 Å². The van der Waals surface area contributed by atoms with Crippen molar-refractivity contribution in [1.82, 2.24) is 5.32 Å². The van der Waals surface area contributed by atoms with Gasteiger partial charge in [-0.2, -0.15) is 0 Å². The van der Waals surface area contributed by atoms with E-state index < -0.39 is 0 Å². The first-order valence-electron chi connectivity index (χ1n) is 8.02. The molecule has 0 heterocycles. The van der Waals surface area contributed by atoms with Crippen LogP contribution in [0.1, 0.15) is 63.6 Å². The van der Waals surface area contributed by atoms with Crippen LogP contribution in [0.25, 0.3) is 0 Å². The van der Waals surface area contributed by atoms with Crippen LogP contribution in [0.2, 0.25) is 5.02 Å². The highest BCUT2D eigenvalue weighted by atomic mass is 35.5. The van der Waals surface area contributed by atoms with Crippen LogP contribution in [0, 0.1) is 11.3 Å². The van der Waals surface area contributed by atoms with E-state index in [4.69, 9.17) is 11.6 Å². The lowest BCUT2D eigenvalue weighted by atomic mass is 9.81. The summed E-state index contributed by atoms with van der Waals surface area (Å²) in [4.78, 5) is 0. The van der Waals surface area contributed by atoms with Gasteiger partial charge in [0.05, 0.1) is 0 Å². The first-order valence-corrected chi connectivity index (χ1v) is 8.39. The summed E-state index contributed by atoms with van der Waals surface area (Å²) in [5.41, 5.74) is 3.19. The fourth-order valence-electron chi connectivity index (χ4n) is 4.10. The maximum atomic E-state index is 6.23. The zero-order chi connectivity index (χ0) is 14.3. The molecule has 1 fully saturated rings. The largest absolute Gasteiger partial charge is 0.306 e. The summed E-state index contributed by atoms with van der Waals surface area (Å²) in [5, 5.41) is 4.85. The van der Waals surface area contributed by atoms with Gasteiger partial charge in [-0.25, -0.2) is 0 Å². The van der Waals surface area contributed by atoms with Crippen LogP contribution in [0.15, 0.2) is 18.2 Å². The molecule has 0 aromatic heterocycles. The molecule has 0 aliphatic heterocycles. The third-order valence-electron chi connectivity index (χ3n) is 5.34. The second kappa shape index (κ2) is 5.35. The Bertz CT molecular complexity index is 494. The van der Waals surface area contributed by atoms with E-state index in [9.17, 15) is 0 Å². The fourth-order valence-corrected chi connectivity index (χ4v) is 4.28. The summed E-state index contributed by atoms with van der Waals surface area (Å²) in [6, 6.07) is 7.53. The predicted molar refractivity (Wildman–Crippen MR) is 86.2 cm³/mol. The van der Waals surface area contributed by atoms with E-state index in [2.05, 4.69) is 38.2 Å². The van der Waals surface area contributed by atoms with Crippen LogP contribution in [0.5, 0.6) is 0 Å². The minimum Gasteiger partial charge on any atom is -0.306 e. The number of fused-ring (bicyclic) bond motifs is 1. The maximum absolute atomic E-state index is 6.23. The first-order chi connectivity index (χ1) is 9.47. The molecule has 0 bridgehead atoms. The Morgan fingerprint density at radius 2 is 1.95 bits per heavy atom. The Balaban J connectivity index is 1.86. The molecule has 1 N–H and O–H groups in total. The number of rotatable bonds is 2. The first kappa shape index (κ1) is 14.4. The molecule has 0 saturated heterocycles. The average Bonchev–Trinajstić information content (AvgIpc) is 2.63. The van der Waals surface area contributed by atoms with Crippen molar-refractivity contribution in [2.75, 3.05) is 0 Å². The summed E-state index contributed by atoms with van der Waals surface area (Å²) in [7, 11) is 0. The molecule has 20 heavy (non-hydrogen) atoms. The van der Waals surface area contributed by atoms with E-state index in [-0.39, 0.29) is 5.41 Å². The van der Waals surface area contributed by atoms with E-state index in [1.165, 1.54) is 36.8 Å². The number of nitrogens with one attached hydrogen (secondary N) is 1. The molecule has 0 radical (unpaired) electrons. The number of benzene rings is 1. The number of halogens is 1. The summed E-state index contributed by atoms with van der Waals surface area (Å²) in [6.45, 7) is 7.16. The molecule has 1 aromatic carbocycles. The zero-order valence-corrected chi connectivity index (χ0v) is 13.6. The van der Waals surface area contributed by atoms with E-state index in [1.807, 2.05) is 6.07 Å². The molecule has 1 aromatic rings. The monoisotopic (exact) mass is 291 g/mol. The maximum Gasteiger partial charge on any atom is 0.0409 e. The molecular weight excluding hydrogens is 266 g/mol. The highest BCUT2D eigenvalue weighted by molar-refractivity contribution is 6.30. The van der Waals surface area contributed by atoms with Crippen LogP contribution in [0.4, 0.5) is 0 Å². The summed E-state index contributed by atoms with van der Waals surface area (Å²) in [5.74, 6) is 0.794. The third-order valence-corrected chi connectivity index (χ3v) is 5.57. The second-order valence-corrected chi connectivity index (χ2v) is 7.91. The Morgan fingerprint density at radius 1 is 1.20 bits per heavy atom. The lowest BCUT2D eigenvalue weighted by molar-refractivity contribution is 0.193. The summed E-state index contributed by atoms with van der Waals surface area (Å²) >= 11 is 6.23. The minimum atomic E-state index is 0.282. The Kier molecular flexibility index (Phi) is 3.85. The smallest absolute Gasteiger partial charge is 0.0409 e. The van der Waals surface area contributed by atoms with Crippen molar-refractivity contribution >= 4 is 11.6 Å². The standard InChI is InChI=1S/C18H26ClN/c1-12-6-4-5-7-16(12)20-17-15-10-14(19)9-8-13(15)11-18(17,2)3/h8-10,12,16-17,20H,4-7,11H2,1-3H3. The molecule has 2 aliphatic carbocycles. The van der Waals surface area contributed by atoms with E-state index >= 15 is 0 Å². The molecule has 1 saturated carbocycles. The van der Waals surface area contributed by atoms with Gasteiger partial charge in [0.25, 0.3) is 0 Å². The Hall–Kier alpha value is -0.530. The minimum absolute atomic E-state index is 0.282. The van der Waals surface area contributed by atoms with Crippen molar-refractivity contribution < 1.29 is 0 Å². The molecule has 0 spiro atoms. The molecule has 3 unspecified atom stereocenters. The van der Waals surface area contributed by atoms with Crippen molar-refractivity contribution in [1.29, 1.82) is 0 Å². The van der Waals surface area contributed by atoms with Gasteiger partial charge in [-0.15, -0.1) is 0 Å². The van der Waals surface area contributed by atoms with E-state index in [1.54, 1.807) is 0 Å². The average molecular weight is 292 g/mol. The van der Waals surface area contributed by atoms with Gasteiger partial charge in [-0.3, -0.25) is 0 Å². The third kappa shape index (κ3) is 2.63. The van der Waals surface area contributed by atoms with E-state index in [0.29, 0.717) is 12.1 Å². The second-order valence-electron chi connectivity index (χ2n) is 7.48. The molecule has 1 nitrogen and oxygen atoms in total. The van der Waals surface area contributed by atoms with Gasteiger partial charge in [-0.05, 0) is 53.9 Å². The van der Waals surface area contributed by atoms with Crippen LogP contribution >= 0.6 is 11.6 Å². The highest BCUT2D eigenvalue weighted by Gasteiger charge is 2.40. The van der Waals surface area contributed by atoms with Gasteiger partial charge < -0.3 is 5.32 Å². The Morgan fingerprint density at radius 3 is 2.70 bits per heavy atom. The molecule has 2 heteroatoms. The van der Waals surface area contributed by atoms with Crippen LogP contribution in [-0.2, 0) is 6.42 Å². The topological polar surface area (TPSA) is 12.0 Å². The summed E-state index contributed by atoms with van der Waals surface area (Å²) < 4.78 is 0. The van der Waals surface area contributed by atoms with Crippen molar-refractivity contribution in [2.45, 2.75) is 65.0 Å². The SMILES string of the molecule is CC1CCCCC1NC1c2cc(Cl)ccc2CC1(C)C. The zero-order valence-electron chi connectivity index (χ0n) is 12.9. The van der Waals surface area contributed by atoms with Gasteiger partial charge in [0, 0.05) is 17.1 Å². The predicted octanol–water partition coefficient (Wildman–Crippen LogP) is 5.13. The normalized spacial score (nSPS) is 32.1. The van der Waals surface area contributed by atoms with Crippen molar-refractivity contribution in [2.24, 2.45) is 11.3 Å². The molecular formula is C18H26ClN. The highest BCUT2D eigenvalue weighted by Crippen LogP contribution is 2.46. The molecule has 2 aliphatic rings. The lowest BCUT2D eigenvalue weighted by Crippen LogP contribution is -2.43. The van der Waals surface area contributed by atoms with Crippen LogP contribution in [0.3, 0.4) is 0 Å². The number of hydrogen-bond donors (Lipinski definition) is 1. The fraction of sp³-hybridized carbons (Fsp3) is 0.667. The van der Waals surface area contributed by atoms with Crippen molar-refractivity contribution in [3.63, 3.8) is 0 Å². The van der Waals surface area contributed by atoms with Gasteiger partial charge in [-0.1, -0.05) is 51.3 Å². The Labute approximate surface area is 128 Å². The van der Waals surface area contributed by atoms with Gasteiger partial charge >= 0.3 is 0 Å². The van der Waals surface area contributed by atoms with E-state index in [0.717, 1.165) is 17.4 Å². The van der Waals surface area contributed by atoms with Gasteiger partial charge in [0.1, 0.15) is 0 Å².